The van der Waals surface area contributed by atoms with Crippen LogP contribution in [0.2, 0.25) is 0 Å². The molecule has 10 heteroatoms. The molecule has 1 aromatic carbocycles. The zero-order chi connectivity index (χ0) is 24.6. The van der Waals surface area contributed by atoms with Crippen molar-refractivity contribution in [1.82, 2.24) is 4.90 Å². The van der Waals surface area contributed by atoms with Gasteiger partial charge in [-0.3, -0.25) is 19.3 Å². The van der Waals surface area contributed by atoms with Gasteiger partial charge in [-0.1, -0.05) is 6.07 Å². The Bertz CT molecular complexity index is 1100. The Morgan fingerprint density at radius 3 is 2.30 bits per heavy atom. The van der Waals surface area contributed by atoms with Crippen LogP contribution in [0.25, 0.3) is 0 Å². The summed E-state index contributed by atoms with van der Waals surface area (Å²) in [4.78, 5) is 41.7. The van der Waals surface area contributed by atoms with Crippen molar-refractivity contribution in [1.29, 1.82) is 0 Å². The van der Waals surface area contributed by atoms with Crippen molar-refractivity contribution in [3.05, 3.63) is 34.6 Å². The van der Waals surface area contributed by atoms with Crippen molar-refractivity contribution in [3.63, 3.8) is 0 Å². The lowest BCUT2D eigenvalue weighted by atomic mass is 9.54. The smallest absolute Gasteiger partial charge is 0.255 e. The summed E-state index contributed by atoms with van der Waals surface area (Å²) < 4.78 is 0. The van der Waals surface area contributed by atoms with Gasteiger partial charge in [-0.25, -0.2) is 0 Å². The molecule has 4 rings (SSSR count). The fourth-order valence-corrected chi connectivity index (χ4v) is 6.01. The molecule has 0 aromatic heterocycles. The van der Waals surface area contributed by atoms with Crippen LogP contribution in [0.4, 0.5) is 5.69 Å². The molecule has 1 saturated carbocycles. The van der Waals surface area contributed by atoms with E-state index >= 15 is 0 Å². The Labute approximate surface area is 190 Å². The predicted molar refractivity (Wildman–Crippen MR) is 118 cm³/mol. The number of likely N-dealkylation sites (N-methyl/N-ethyl adjacent to an activating group) is 1. The summed E-state index contributed by atoms with van der Waals surface area (Å²) in [6.45, 7) is 0. The number of hydrogen-bond donors (Lipinski definition) is 5. The maximum absolute atomic E-state index is 13.6. The maximum atomic E-state index is 13.6. The number of rotatable bonds is 3. The maximum Gasteiger partial charge on any atom is 0.255 e. The van der Waals surface area contributed by atoms with Crippen LogP contribution in [0.3, 0.4) is 0 Å². The van der Waals surface area contributed by atoms with Gasteiger partial charge in [0.15, 0.2) is 17.2 Å². The lowest BCUT2D eigenvalue weighted by Crippen LogP contribution is -2.69. The Balaban J connectivity index is 1.89. The molecule has 1 fully saturated rings. The van der Waals surface area contributed by atoms with Gasteiger partial charge in [-0.05, 0) is 44.5 Å². The van der Waals surface area contributed by atoms with E-state index < -0.39 is 64.3 Å². The van der Waals surface area contributed by atoms with Crippen LogP contribution in [0.15, 0.2) is 23.5 Å². The first-order valence-corrected chi connectivity index (χ1v) is 10.7. The molecule has 1 aromatic rings. The minimum atomic E-state index is -2.43. The third kappa shape index (κ3) is 3.01. The SMILES string of the molecule is CN(C)c1ccc2c(c1O)C(=O)C1C(C2)CC2[C@H](N(C)C)C(=O)C(C(N)=O)=C(O)[C@@]2(O)C1O. The molecular formula is C23H29N3O7. The standard InChI is InChI=1S/C23H29N3O7/c1-25(2)12-6-5-9-7-10-8-11-16(26(3)4)19(29)15(22(24)32)21(31)23(11,33)20(30)14(10)18(28)13(9)17(12)27/h5-6,10-11,14,16,20,27,30-31,33H,7-8H2,1-4H3,(H2,24,32)/t10?,11?,14?,16-,20?,23-/m0/s1. The van der Waals surface area contributed by atoms with Gasteiger partial charge in [0.1, 0.15) is 23.2 Å². The molecule has 6 N–H and O–H groups in total. The molecule has 0 spiro atoms. The summed E-state index contributed by atoms with van der Waals surface area (Å²) in [5, 5.41) is 44.6. The normalized spacial score (nSPS) is 33.5. The van der Waals surface area contributed by atoms with Crippen molar-refractivity contribution in [2.75, 3.05) is 33.1 Å². The molecule has 0 bridgehead atoms. The number of nitrogens with zero attached hydrogens (tertiary/aromatic N) is 2. The van der Waals surface area contributed by atoms with Crippen LogP contribution < -0.4 is 10.6 Å². The van der Waals surface area contributed by atoms with E-state index in [9.17, 15) is 34.8 Å². The van der Waals surface area contributed by atoms with Crippen LogP contribution in [-0.2, 0) is 16.0 Å². The Morgan fingerprint density at radius 2 is 1.76 bits per heavy atom. The summed E-state index contributed by atoms with van der Waals surface area (Å²) in [5.41, 5.74) is 3.23. The highest BCUT2D eigenvalue weighted by Gasteiger charge is 2.65. The summed E-state index contributed by atoms with van der Waals surface area (Å²) in [6.07, 6.45) is -1.36. The molecule has 6 atom stereocenters. The first-order chi connectivity index (χ1) is 15.3. The van der Waals surface area contributed by atoms with E-state index in [1.54, 1.807) is 45.2 Å². The van der Waals surface area contributed by atoms with E-state index in [-0.39, 0.29) is 17.7 Å². The molecule has 0 heterocycles. The number of ketones is 2. The monoisotopic (exact) mass is 459 g/mol. The molecular weight excluding hydrogens is 430 g/mol. The second-order valence-corrected chi connectivity index (χ2v) is 9.69. The Hall–Kier alpha value is -2.95. The van der Waals surface area contributed by atoms with Crippen molar-refractivity contribution in [2.45, 2.75) is 30.6 Å². The van der Waals surface area contributed by atoms with Gasteiger partial charge in [-0.2, -0.15) is 0 Å². The van der Waals surface area contributed by atoms with Gasteiger partial charge in [0.25, 0.3) is 5.91 Å². The quantitative estimate of drug-likeness (QED) is 0.369. The number of carbonyl (C=O) groups excluding carboxylic acids is 3. The molecule has 3 aliphatic carbocycles. The first-order valence-electron chi connectivity index (χ1n) is 10.7. The first kappa shape index (κ1) is 23.2. The van der Waals surface area contributed by atoms with Crippen molar-refractivity contribution in [2.24, 2.45) is 23.5 Å². The van der Waals surface area contributed by atoms with Crippen LogP contribution in [0.1, 0.15) is 22.3 Å². The van der Waals surface area contributed by atoms with E-state index in [4.69, 9.17) is 5.73 Å². The largest absolute Gasteiger partial charge is 0.508 e. The average molecular weight is 459 g/mol. The molecule has 10 nitrogen and oxygen atoms in total. The number of fused-ring (bicyclic) bond motifs is 3. The molecule has 178 valence electrons. The van der Waals surface area contributed by atoms with Crippen LogP contribution in [-0.4, -0.2) is 88.7 Å². The third-order valence-corrected chi connectivity index (χ3v) is 7.49. The highest BCUT2D eigenvalue weighted by Crippen LogP contribution is 2.54. The minimum absolute atomic E-state index is 0.0678. The highest BCUT2D eigenvalue weighted by atomic mass is 16.4. The van der Waals surface area contributed by atoms with Gasteiger partial charge in [0.2, 0.25) is 0 Å². The lowest BCUT2D eigenvalue weighted by molar-refractivity contribution is -0.183. The fraction of sp³-hybridized carbons (Fsp3) is 0.522. The molecule has 0 radical (unpaired) electrons. The molecule has 1 amide bonds. The van der Waals surface area contributed by atoms with Crippen molar-refractivity contribution >= 4 is 23.2 Å². The van der Waals surface area contributed by atoms with Crippen LogP contribution >= 0.6 is 0 Å². The summed E-state index contributed by atoms with van der Waals surface area (Å²) in [6, 6.07) is 2.42. The van der Waals surface area contributed by atoms with E-state index in [0.29, 0.717) is 17.7 Å². The van der Waals surface area contributed by atoms with Gasteiger partial charge in [0.05, 0.1) is 23.2 Å². The molecule has 4 unspecified atom stereocenters. The van der Waals surface area contributed by atoms with Crippen LogP contribution in [0.5, 0.6) is 5.75 Å². The molecule has 3 aliphatic rings. The second-order valence-electron chi connectivity index (χ2n) is 9.69. The Morgan fingerprint density at radius 1 is 1.12 bits per heavy atom. The summed E-state index contributed by atoms with van der Waals surface area (Å²) in [5.74, 6) is -6.33. The summed E-state index contributed by atoms with van der Waals surface area (Å²) in [7, 11) is 6.61. The lowest BCUT2D eigenvalue weighted by Gasteiger charge is -2.55. The number of primary amides is 1. The van der Waals surface area contributed by atoms with E-state index in [2.05, 4.69) is 0 Å². The van der Waals surface area contributed by atoms with Crippen LogP contribution in [0, 0.1) is 17.8 Å². The number of benzene rings is 1. The van der Waals surface area contributed by atoms with Gasteiger partial charge >= 0.3 is 0 Å². The highest BCUT2D eigenvalue weighted by molar-refractivity contribution is 6.22. The molecule has 33 heavy (non-hydrogen) atoms. The fourth-order valence-electron chi connectivity index (χ4n) is 6.01. The molecule has 0 aliphatic heterocycles. The Kier molecular flexibility index (Phi) is 5.31. The van der Waals surface area contributed by atoms with Gasteiger partial charge < -0.3 is 31.1 Å². The van der Waals surface area contributed by atoms with E-state index in [1.165, 1.54) is 4.90 Å². The number of nitrogens with two attached hydrogens (primary N) is 1. The average Bonchev–Trinajstić information content (AvgIpc) is 2.70. The number of amides is 1. The number of aliphatic hydroxyl groups is 3. The minimum Gasteiger partial charge on any atom is -0.508 e. The molecule has 0 saturated heterocycles. The number of hydrogen-bond acceptors (Lipinski definition) is 9. The third-order valence-electron chi connectivity index (χ3n) is 7.49. The van der Waals surface area contributed by atoms with Crippen molar-refractivity contribution in [3.8, 4) is 5.75 Å². The predicted octanol–water partition coefficient (Wildman–Crippen LogP) is -0.648. The zero-order valence-electron chi connectivity index (χ0n) is 18.9. The number of aliphatic hydroxyl groups excluding tert-OH is 2. The number of phenols is 1. The summed E-state index contributed by atoms with van der Waals surface area (Å²) >= 11 is 0. The van der Waals surface area contributed by atoms with Gasteiger partial charge in [-0.15, -0.1) is 0 Å². The van der Waals surface area contributed by atoms with Gasteiger partial charge in [0, 0.05) is 20.0 Å². The number of carbonyl (C=O) groups is 3. The zero-order valence-corrected chi connectivity index (χ0v) is 18.9. The van der Waals surface area contributed by atoms with E-state index in [0.717, 1.165) is 0 Å². The second kappa shape index (κ2) is 7.54. The van der Waals surface area contributed by atoms with Crippen molar-refractivity contribution < 1.29 is 34.8 Å². The number of Topliss-reactive ketones (excluding diaryl/α,β-unsaturated/α-hetero) is 2. The number of phenolic OH excluding ortho intramolecular Hbond substituents is 1. The number of aromatic hydroxyl groups is 1. The topological polar surface area (TPSA) is 165 Å². The number of anilines is 1. The van der Waals surface area contributed by atoms with E-state index in [1.807, 2.05) is 0 Å².